The summed E-state index contributed by atoms with van der Waals surface area (Å²) in [5.41, 5.74) is -0.281. The minimum Gasteiger partial charge on any atom is -0.768 e. The molecular weight excluding hydrogens is 186 g/mol. The van der Waals surface area contributed by atoms with Gasteiger partial charge in [-0.1, -0.05) is 0 Å². The van der Waals surface area contributed by atoms with E-state index < -0.39 is 27.6 Å². The van der Waals surface area contributed by atoms with Crippen LogP contribution in [0.25, 0.3) is 0 Å². The van der Waals surface area contributed by atoms with E-state index in [9.17, 15) is 17.5 Å². The van der Waals surface area contributed by atoms with Gasteiger partial charge in [0.1, 0.15) is 11.6 Å². The van der Waals surface area contributed by atoms with Gasteiger partial charge >= 0.3 is 0 Å². The lowest BCUT2D eigenvalue weighted by Crippen LogP contribution is -1.98. The molecule has 0 radical (unpaired) electrons. The normalized spacial score (nSPS) is 13.0. The third-order valence-corrected chi connectivity index (χ3v) is 2.14. The third kappa shape index (κ3) is 1.51. The molecule has 0 heterocycles. The largest absolute Gasteiger partial charge is 0.768 e. The van der Waals surface area contributed by atoms with Gasteiger partial charge < -0.3 is 4.55 Å². The Hall–Kier alpha value is -0.810. The first kappa shape index (κ1) is 9.28. The molecule has 66 valence electrons. The quantitative estimate of drug-likeness (QED) is 0.631. The molecule has 1 rings (SSSR count). The summed E-state index contributed by atoms with van der Waals surface area (Å²) in [4.78, 5) is -0.506. The minimum absolute atomic E-state index is 0.281. The molecule has 0 saturated heterocycles. The second-order valence-corrected chi connectivity index (χ2v) is 3.13. The monoisotopic (exact) mass is 191 g/mol. The standard InChI is InChI=1S/C7H6F2O2S/c1-4-5(8)2-3-6(7(4)9)12(10)11/h2-3H,1H3,(H,10,11)/p-1. The predicted octanol–water partition coefficient (Wildman–Crippen LogP) is 1.51. The number of halogens is 2. The van der Waals surface area contributed by atoms with Crippen molar-refractivity contribution in [1.82, 2.24) is 0 Å². The van der Waals surface area contributed by atoms with Gasteiger partial charge in [0.2, 0.25) is 0 Å². The van der Waals surface area contributed by atoms with Gasteiger partial charge in [-0.25, -0.2) is 8.78 Å². The van der Waals surface area contributed by atoms with Gasteiger partial charge in [-0.15, -0.1) is 0 Å². The lowest BCUT2D eigenvalue weighted by molar-refractivity contribution is 0.513. The number of benzene rings is 1. The van der Waals surface area contributed by atoms with E-state index in [1.54, 1.807) is 0 Å². The summed E-state index contributed by atoms with van der Waals surface area (Å²) in [7, 11) is 0. The zero-order valence-corrected chi connectivity index (χ0v) is 6.95. The average molecular weight is 191 g/mol. The molecule has 0 amide bonds. The van der Waals surface area contributed by atoms with E-state index >= 15 is 0 Å². The maximum atomic E-state index is 12.9. The van der Waals surface area contributed by atoms with Crippen LogP contribution in [0.2, 0.25) is 0 Å². The Bertz CT molecular complexity index is 338. The van der Waals surface area contributed by atoms with Crippen LogP contribution in [0.3, 0.4) is 0 Å². The Kier molecular flexibility index (Phi) is 2.54. The van der Waals surface area contributed by atoms with Crippen LogP contribution in [0.5, 0.6) is 0 Å². The van der Waals surface area contributed by atoms with Crippen LogP contribution in [-0.2, 0) is 11.1 Å². The third-order valence-electron chi connectivity index (χ3n) is 1.46. The van der Waals surface area contributed by atoms with Crippen molar-refractivity contribution in [2.45, 2.75) is 11.8 Å². The Morgan fingerprint density at radius 3 is 2.50 bits per heavy atom. The van der Waals surface area contributed by atoms with Crippen molar-refractivity contribution in [3.8, 4) is 0 Å². The van der Waals surface area contributed by atoms with E-state index in [1.807, 2.05) is 0 Å². The molecule has 0 spiro atoms. The van der Waals surface area contributed by atoms with E-state index in [2.05, 4.69) is 0 Å². The van der Waals surface area contributed by atoms with Crippen molar-refractivity contribution in [2.75, 3.05) is 0 Å². The average Bonchev–Trinajstić information content (AvgIpc) is 2.00. The summed E-state index contributed by atoms with van der Waals surface area (Å²) in [6.45, 7) is 1.18. The van der Waals surface area contributed by atoms with Crippen molar-refractivity contribution < 1.29 is 17.5 Å². The van der Waals surface area contributed by atoms with Crippen LogP contribution in [0.4, 0.5) is 8.78 Å². The maximum Gasteiger partial charge on any atom is 0.143 e. The molecule has 0 aliphatic carbocycles. The molecule has 0 aromatic heterocycles. The summed E-state index contributed by atoms with van der Waals surface area (Å²) in [5.74, 6) is -1.77. The van der Waals surface area contributed by atoms with Crippen molar-refractivity contribution in [3.63, 3.8) is 0 Å². The maximum absolute atomic E-state index is 12.9. The highest BCUT2D eigenvalue weighted by atomic mass is 32.2. The van der Waals surface area contributed by atoms with Crippen molar-refractivity contribution >= 4 is 11.1 Å². The molecule has 1 aromatic rings. The molecule has 0 aliphatic rings. The first-order valence-corrected chi connectivity index (χ1v) is 4.15. The van der Waals surface area contributed by atoms with Gasteiger partial charge in [0, 0.05) is 5.56 Å². The van der Waals surface area contributed by atoms with E-state index in [0.717, 1.165) is 12.1 Å². The van der Waals surface area contributed by atoms with Gasteiger partial charge in [-0.2, -0.15) is 0 Å². The summed E-state index contributed by atoms with van der Waals surface area (Å²) in [6.07, 6.45) is 0. The molecule has 0 N–H and O–H groups in total. The summed E-state index contributed by atoms with van der Waals surface area (Å²) >= 11 is -2.65. The zero-order chi connectivity index (χ0) is 9.30. The summed E-state index contributed by atoms with van der Waals surface area (Å²) < 4.78 is 46.1. The first-order valence-electron chi connectivity index (χ1n) is 3.08. The molecule has 2 nitrogen and oxygen atoms in total. The van der Waals surface area contributed by atoms with Crippen molar-refractivity contribution in [1.29, 1.82) is 0 Å². The van der Waals surface area contributed by atoms with E-state index in [-0.39, 0.29) is 5.56 Å². The summed E-state index contributed by atoms with van der Waals surface area (Å²) in [5, 5.41) is 0. The number of hydrogen-bond donors (Lipinski definition) is 0. The van der Waals surface area contributed by atoms with Crippen LogP contribution in [0.1, 0.15) is 5.56 Å². The zero-order valence-electron chi connectivity index (χ0n) is 6.14. The van der Waals surface area contributed by atoms with Gasteiger partial charge in [-0.3, -0.25) is 4.21 Å². The van der Waals surface area contributed by atoms with Crippen molar-refractivity contribution in [2.24, 2.45) is 0 Å². The Balaban J connectivity index is 3.36. The molecule has 1 atom stereocenters. The van der Waals surface area contributed by atoms with Crippen molar-refractivity contribution in [3.05, 3.63) is 29.3 Å². The fraction of sp³-hybridized carbons (Fsp3) is 0.143. The molecular formula is C7H5F2O2S-. The minimum atomic E-state index is -2.65. The van der Waals surface area contributed by atoms with Crippen LogP contribution < -0.4 is 0 Å². The SMILES string of the molecule is Cc1c(F)ccc(S(=O)[O-])c1F. The van der Waals surface area contributed by atoms with Gasteiger partial charge in [0.15, 0.2) is 0 Å². The molecule has 1 unspecified atom stereocenters. The smallest absolute Gasteiger partial charge is 0.143 e. The molecule has 12 heavy (non-hydrogen) atoms. The fourth-order valence-corrected chi connectivity index (χ4v) is 1.24. The topological polar surface area (TPSA) is 40.1 Å². The first-order chi connectivity index (χ1) is 5.54. The van der Waals surface area contributed by atoms with Crippen LogP contribution in [0.15, 0.2) is 17.0 Å². The van der Waals surface area contributed by atoms with Gasteiger partial charge in [0.25, 0.3) is 0 Å². The number of rotatable bonds is 1. The Morgan fingerprint density at radius 1 is 1.42 bits per heavy atom. The highest BCUT2D eigenvalue weighted by Gasteiger charge is 2.09. The Labute approximate surface area is 70.5 Å². The van der Waals surface area contributed by atoms with E-state index in [1.165, 1.54) is 6.92 Å². The molecule has 0 aliphatic heterocycles. The predicted molar refractivity (Wildman–Crippen MR) is 38.3 cm³/mol. The van der Waals surface area contributed by atoms with Gasteiger partial charge in [0.05, 0.1) is 4.90 Å². The summed E-state index contributed by atoms with van der Waals surface area (Å²) in [6, 6.07) is 1.81. The molecule has 0 bridgehead atoms. The number of hydrogen-bond acceptors (Lipinski definition) is 2. The van der Waals surface area contributed by atoms with E-state index in [0.29, 0.717) is 0 Å². The fourth-order valence-electron chi connectivity index (χ4n) is 0.765. The lowest BCUT2D eigenvalue weighted by Gasteiger charge is -2.08. The van der Waals surface area contributed by atoms with Gasteiger partial charge in [-0.05, 0) is 30.1 Å². The van der Waals surface area contributed by atoms with E-state index in [4.69, 9.17) is 0 Å². The highest BCUT2D eigenvalue weighted by molar-refractivity contribution is 7.79. The van der Waals surface area contributed by atoms with Crippen LogP contribution >= 0.6 is 0 Å². The lowest BCUT2D eigenvalue weighted by atomic mass is 10.2. The molecule has 5 heteroatoms. The Morgan fingerprint density at radius 2 is 2.00 bits per heavy atom. The van der Waals surface area contributed by atoms with Crippen LogP contribution in [0, 0.1) is 18.6 Å². The van der Waals surface area contributed by atoms with Crippen LogP contribution in [-0.4, -0.2) is 8.76 Å². The second kappa shape index (κ2) is 3.28. The molecule has 0 fully saturated rings. The highest BCUT2D eigenvalue weighted by Crippen LogP contribution is 2.17. The second-order valence-electron chi connectivity index (χ2n) is 2.22. The molecule has 1 aromatic carbocycles. The molecule has 0 saturated carbocycles.